The second-order valence-electron chi connectivity index (χ2n) is 6.28. The molecule has 3 heteroatoms. The Morgan fingerprint density at radius 2 is 1.20 bits per heavy atom. The summed E-state index contributed by atoms with van der Waals surface area (Å²) in [7, 11) is 0. The topological polar surface area (TPSA) is 46.5 Å². The largest absolute Gasteiger partial charge is 0.466 e. The Kier molecular flexibility index (Phi) is 26.3. The third-order valence-corrected chi connectivity index (χ3v) is 3.63. The van der Waals surface area contributed by atoms with Gasteiger partial charge in [-0.2, -0.15) is 0 Å². The highest BCUT2D eigenvalue weighted by Gasteiger charge is 1.91. The van der Waals surface area contributed by atoms with Crippen LogP contribution < -0.4 is 0 Å². The minimum Gasteiger partial charge on any atom is -0.466 e. The van der Waals surface area contributed by atoms with Crippen molar-refractivity contribution >= 4 is 5.97 Å². The van der Waals surface area contributed by atoms with E-state index in [1.54, 1.807) is 0 Å². The van der Waals surface area contributed by atoms with Crippen molar-refractivity contribution in [3.63, 3.8) is 0 Å². The highest BCUT2D eigenvalue weighted by Crippen LogP contribution is 2.01. The van der Waals surface area contributed by atoms with E-state index in [9.17, 15) is 4.79 Å². The molecule has 0 aromatic rings. The van der Waals surface area contributed by atoms with E-state index in [-0.39, 0.29) is 5.97 Å². The average Bonchev–Trinajstić information content (AvgIpc) is 2.60. The summed E-state index contributed by atoms with van der Waals surface area (Å²) >= 11 is 0. The van der Waals surface area contributed by atoms with Gasteiger partial charge >= 0.3 is 5.97 Å². The summed E-state index contributed by atoms with van der Waals surface area (Å²) in [4.78, 5) is 10.4. The van der Waals surface area contributed by atoms with Crippen molar-refractivity contribution in [1.82, 2.24) is 0 Å². The van der Waals surface area contributed by atoms with Gasteiger partial charge in [-0.15, -0.1) is 0 Å². The molecule has 0 fully saturated rings. The molecule has 3 nitrogen and oxygen atoms in total. The van der Waals surface area contributed by atoms with Crippen molar-refractivity contribution in [3.05, 3.63) is 24.3 Å². The predicted octanol–water partition coefficient (Wildman–Crippen LogP) is 6.36. The normalized spacial score (nSPS) is 10.9. The Morgan fingerprint density at radius 3 is 1.60 bits per heavy atom. The van der Waals surface area contributed by atoms with Crippen LogP contribution in [0, 0.1) is 0 Å². The molecule has 25 heavy (non-hydrogen) atoms. The summed E-state index contributed by atoms with van der Waals surface area (Å²) in [6.45, 7) is 6.76. The molecule has 0 aliphatic carbocycles. The van der Waals surface area contributed by atoms with Crippen molar-refractivity contribution in [3.8, 4) is 0 Å². The molecule has 0 radical (unpaired) electrons. The molecular formula is C22H42O3. The van der Waals surface area contributed by atoms with E-state index in [4.69, 9.17) is 9.84 Å². The number of carbonyl (C=O) groups is 1. The van der Waals surface area contributed by atoms with E-state index < -0.39 is 0 Å². The number of unbranched alkanes of at least 4 members (excludes halogenated alkanes) is 8. The number of aliphatic hydroxyl groups excluding tert-OH is 1. The van der Waals surface area contributed by atoms with Crippen LogP contribution in [0.2, 0.25) is 0 Å². The molecule has 0 unspecified atom stereocenters. The number of allylic oxidation sites excluding steroid dienone is 4. The van der Waals surface area contributed by atoms with Crippen LogP contribution in [0.25, 0.3) is 0 Å². The van der Waals surface area contributed by atoms with Crippen LogP contribution in [0.15, 0.2) is 24.3 Å². The highest BCUT2D eigenvalue weighted by molar-refractivity contribution is 5.65. The van der Waals surface area contributed by atoms with Crippen LogP contribution in [0.1, 0.15) is 97.8 Å². The predicted molar refractivity (Wildman–Crippen MR) is 109 cm³/mol. The smallest absolute Gasteiger partial charge is 0.302 e. The lowest BCUT2D eigenvalue weighted by atomic mass is 10.2. The van der Waals surface area contributed by atoms with Crippen molar-refractivity contribution < 1.29 is 14.6 Å². The van der Waals surface area contributed by atoms with E-state index in [2.05, 4.69) is 38.2 Å². The standard InChI is InChI=1S/C12H22O2.C10H20O/c1-3-4-5-6-7-8-9-10-11-14-12(2)13;1-2-3-4-5-6-7-8-9-10-11/h6-7H,3-5,8-11H2,1-2H3;5-6,11H,2-4,7-10H2,1H3/b7-6+;6-5+. The number of ether oxygens (including phenoxy) is 1. The summed E-state index contributed by atoms with van der Waals surface area (Å²) in [5.74, 6) is -0.177. The van der Waals surface area contributed by atoms with Gasteiger partial charge in [0.1, 0.15) is 0 Å². The number of hydrogen-bond donors (Lipinski definition) is 1. The van der Waals surface area contributed by atoms with Gasteiger partial charge in [0.15, 0.2) is 0 Å². The fourth-order valence-corrected chi connectivity index (χ4v) is 2.07. The van der Waals surface area contributed by atoms with E-state index in [0.717, 1.165) is 38.5 Å². The molecule has 0 rings (SSSR count). The van der Waals surface area contributed by atoms with Crippen molar-refractivity contribution in [2.24, 2.45) is 0 Å². The molecule has 0 heterocycles. The van der Waals surface area contributed by atoms with Gasteiger partial charge in [-0.1, -0.05) is 63.8 Å². The van der Waals surface area contributed by atoms with Gasteiger partial charge in [-0.3, -0.25) is 4.79 Å². The minimum atomic E-state index is -0.177. The summed E-state index contributed by atoms with van der Waals surface area (Å²) in [5.41, 5.74) is 0. The fraction of sp³-hybridized carbons (Fsp3) is 0.773. The Labute approximate surface area is 156 Å². The molecule has 148 valence electrons. The van der Waals surface area contributed by atoms with E-state index in [1.807, 2.05) is 0 Å². The molecule has 1 N–H and O–H groups in total. The van der Waals surface area contributed by atoms with Gasteiger partial charge < -0.3 is 9.84 Å². The maximum Gasteiger partial charge on any atom is 0.302 e. The van der Waals surface area contributed by atoms with Gasteiger partial charge in [0, 0.05) is 13.5 Å². The van der Waals surface area contributed by atoms with E-state index in [1.165, 1.54) is 45.4 Å². The molecule has 0 aromatic heterocycles. The Bertz CT molecular complexity index is 308. The first kappa shape index (κ1) is 26.1. The van der Waals surface area contributed by atoms with Crippen LogP contribution in [0.3, 0.4) is 0 Å². The third-order valence-electron chi connectivity index (χ3n) is 3.63. The Morgan fingerprint density at radius 1 is 0.760 bits per heavy atom. The number of carbonyl (C=O) groups excluding carboxylic acids is 1. The van der Waals surface area contributed by atoms with Gasteiger partial charge in [0.05, 0.1) is 6.61 Å². The summed E-state index contributed by atoms with van der Waals surface area (Å²) in [5, 5.41) is 8.48. The zero-order valence-electron chi connectivity index (χ0n) is 17.0. The lowest BCUT2D eigenvalue weighted by molar-refractivity contribution is -0.141. The monoisotopic (exact) mass is 354 g/mol. The first-order chi connectivity index (χ1) is 12.2. The lowest BCUT2D eigenvalue weighted by Crippen LogP contribution is -1.99. The zero-order valence-corrected chi connectivity index (χ0v) is 17.0. The maximum atomic E-state index is 10.4. The zero-order chi connectivity index (χ0) is 19.0. The fourth-order valence-electron chi connectivity index (χ4n) is 2.07. The number of aliphatic hydroxyl groups is 1. The molecule has 0 atom stereocenters. The minimum absolute atomic E-state index is 0.177. The van der Waals surface area contributed by atoms with Crippen LogP contribution in [-0.4, -0.2) is 24.3 Å². The van der Waals surface area contributed by atoms with Gasteiger partial charge in [-0.05, 0) is 51.4 Å². The molecule has 0 spiro atoms. The molecule has 0 aromatic carbocycles. The van der Waals surface area contributed by atoms with Crippen LogP contribution >= 0.6 is 0 Å². The number of rotatable bonds is 15. The van der Waals surface area contributed by atoms with Crippen molar-refractivity contribution in [2.45, 2.75) is 97.8 Å². The summed E-state index contributed by atoms with van der Waals surface area (Å²) in [6, 6.07) is 0. The molecule has 0 saturated carbocycles. The number of hydrogen-bond acceptors (Lipinski definition) is 3. The van der Waals surface area contributed by atoms with Crippen molar-refractivity contribution in [1.29, 1.82) is 0 Å². The van der Waals surface area contributed by atoms with Gasteiger partial charge in [0.2, 0.25) is 0 Å². The SMILES string of the molecule is CCCC/C=C/CCCCO.CCCC/C=C/CCCCOC(C)=O. The van der Waals surface area contributed by atoms with E-state index in [0.29, 0.717) is 13.2 Å². The van der Waals surface area contributed by atoms with E-state index >= 15 is 0 Å². The number of esters is 1. The third kappa shape index (κ3) is 31.2. The Hall–Kier alpha value is -1.09. The van der Waals surface area contributed by atoms with Crippen LogP contribution in [0.5, 0.6) is 0 Å². The molecular weight excluding hydrogens is 312 g/mol. The average molecular weight is 355 g/mol. The molecule has 0 saturated heterocycles. The maximum absolute atomic E-state index is 10.4. The second kappa shape index (κ2) is 25.2. The summed E-state index contributed by atoms with van der Waals surface area (Å²) in [6.07, 6.45) is 22.9. The Balaban J connectivity index is 0. The van der Waals surface area contributed by atoms with Crippen LogP contribution in [0.4, 0.5) is 0 Å². The second-order valence-corrected chi connectivity index (χ2v) is 6.28. The molecule has 0 amide bonds. The first-order valence-corrected chi connectivity index (χ1v) is 10.2. The molecule has 0 bridgehead atoms. The molecule has 0 aliphatic rings. The quantitative estimate of drug-likeness (QED) is 0.211. The van der Waals surface area contributed by atoms with Crippen LogP contribution in [-0.2, 0) is 9.53 Å². The lowest BCUT2D eigenvalue weighted by Gasteiger charge is -1.99. The molecule has 0 aliphatic heterocycles. The van der Waals surface area contributed by atoms with Crippen molar-refractivity contribution in [2.75, 3.05) is 13.2 Å². The summed E-state index contributed by atoms with van der Waals surface area (Å²) < 4.78 is 4.82. The first-order valence-electron chi connectivity index (χ1n) is 10.2. The van der Waals surface area contributed by atoms with Gasteiger partial charge in [-0.25, -0.2) is 0 Å². The highest BCUT2D eigenvalue weighted by atomic mass is 16.5. The van der Waals surface area contributed by atoms with Gasteiger partial charge in [0.25, 0.3) is 0 Å².